The zero-order chi connectivity index (χ0) is 14.0. The van der Waals surface area contributed by atoms with Gasteiger partial charge in [-0.25, -0.2) is 9.97 Å². The smallest absolute Gasteiger partial charge is 0.406 e. The molecule has 0 amide bonds. The number of benzene rings is 1. The van der Waals surface area contributed by atoms with Crippen molar-refractivity contribution in [2.75, 3.05) is 0 Å². The van der Waals surface area contributed by atoms with Crippen molar-refractivity contribution in [3.8, 4) is 17.1 Å². The average Bonchev–Trinajstić information content (AvgIpc) is 2.25. The third kappa shape index (κ3) is 3.97. The lowest BCUT2D eigenvalue weighted by molar-refractivity contribution is -0.274. The Kier molecular flexibility index (Phi) is 3.82. The number of aromatic nitrogens is 2. The molecule has 3 nitrogen and oxygen atoms in total. The van der Waals surface area contributed by atoms with E-state index in [1.165, 1.54) is 24.3 Å². The molecular weight excluding hydrogens is 304 g/mol. The van der Waals surface area contributed by atoms with Gasteiger partial charge in [-0.05, 0) is 12.1 Å². The van der Waals surface area contributed by atoms with Gasteiger partial charge >= 0.3 is 6.36 Å². The Morgan fingerprint density at radius 2 is 1.63 bits per heavy atom. The zero-order valence-corrected chi connectivity index (χ0v) is 10.6. The fourth-order valence-corrected chi connectivity index (χ4v) is 1.77. The van der Waals surface area contributed by atoms with Gasteiger partial charge < -0.3 is 4.74 Å². The van der Waals surface area contributed by atoms with Gasteiger partial charge in [-0.1, -0.05) is 35.3 Å². The molecular formula is C11H5Cl2F3N2O. The Labute approximate surface area is 116 Å². The molecule has 2 rings (SSSR count). The van der Waals surface area contributed by atoms with E-state index in [9.17, 15) is 13.2 Å². The van der Waals surface area contributed by atoms with Crippen molar-refractivity contribution >= 4 is 23.2 Å². The average molecular weight is 309 g/mol. The zero-order valence-electron chi connectivity index (χ0n) is 9.08. The molecule has 0 aliphatic rings. The number of hydrogen-bond acceptors (Lipinski definition) is 3. The van der Waals surface area contributed by atoms with Gasteiger partial charge in [0.2, 0.25) is 0 Å². The second kappa shape index (κ2) is 5.22. The standard InChI is InChI=1S/C11H5Cl2F3N2O/c12-8-5-9(13)18-10(17-8)6-2-1-3-7(4-6)19-11(14,15)16/h1-5H. The van der Waals surface area contributed by atoms with Crippen LogP contribution in [0.15, 0.2) is 30.3 Å². The predicted molar refractivity (Wildman–Crippen MR) is 64.2 cm³/mol. The van der Waals surface area contributed by atoms with Crippen molar-refractivity contribution in [2.24, 2.45) is 0 Å². The number of ether oxygens (including phenoxy) is 1. The molecule has 0 bridgehead atoms. The largest absolute Gasteiger partial charge is 0.573 e. The third-order valence-corrected chi connectivity index (χ3v) is 2.38. The molecule has 0 aliphatic heterocycles. The molecule has 100 valence electrons. The summed E-state index contributed by atoms with van der Waals surface area (Å²) < 4.78 is 40.1. The van der Waals surface area contributed by atoms with Crippen molar-refractivity contribution in [1.82, 2.24) is 9.97 Å². The minimum Gasteiger partial charge on any atom is -0.406 e. The highest BCUT2D eigenvalue weighted by Gasteiger charge is 2.31. The van der Waals surface area contributed by atoms with Crippen molar-refractivity contribution in [2.45, 2.75) is 6.36 Å². The summed E-state index contributed by atoms with van der Waals surface area (Å²) in [5.74, 6) is -0.255. The van der Waals surface area contributed by atoms with Crippen LogP contribution in [0.25, 0.3) is 11.4 Å². The van der Waals surface area contributed by atoms with Crippen molar-refractivity contribution in [3.05, 3.63) is 40.6 Å². The van der Waals surface area contributed by atoms with Crippen LogP contribution in [0.5, 0.6) is 5.75 Å². The first-order valence-corrected chi connectivity index (χ1v) is 5.65. The lowest BCUT2D eigenvalue weighted by Crippen LogP contribution is -2.17. The Balaban J connectivity index is 2.37. The SMILES string of the molecule is FC(F)(F)Oc1cccc(-c2nc(Cl)cc(Cl)n2)c1. The molecule has 8 heteroatoms. The van der Waals surface area contributed by atoms with Crippen molar-refractivity contribution in [1.29, 1.82) is 0 Å². The van der Waals surface area contributed by atoms with Crippen LogP contribution in [-0.2, 0) is 0 Å². The summed E-state index contributed by atoms with van der Waals surface area (Å²) in [6.07, 6.45) is -4.76. The minimum absolute atomic E-state index is 0.0946. The highest BCUT2D eigenvalue weighted by atomic mass is 35.5. The van der Waals surface area contributed by atoms with Crippen LogP contribution in [-0.4, -0.2) is 16.3 Å². The van der Waals surface area contributed by atoms with Crippen LogP contribution in [0, 0.1) is 0 Å². The van der Waals surface area contributed by atoms with Crippen LogP contribution < -0.4 is 4.74 Å². The minimum atomic E-state index is -4.76. The van der Waals surface area contributed by atoms with E-state index < -0.39 is 6.36 Å². The molecule has 1 heterocycles. The molecule has 19 heavy (non-hydrogen) atoms. The highest BCUT2D eigenvalue weighted by Crippen LogP contribution is 2.27. The molecule has 0 spiro atoms. The van der Waals surface area contributed by atoms with Gasteiger partial charge in [0.1, 0.15) is 16.1 Å². The molecule has 1 aromatic carbocycles. The maximum Gasteiger partial charge on any atom is 0.573 e. The molecule has 0 aliphatic carbocycles. The first-order chi connectivity index (χ1) is 8.83. The second-order valence-corrected chi connectivity index (χ2v) is 4.19. The fraction of sp³-hybridized carbons (Fsp3) is 0.0909. The number of rotatable bonds is 2. The third-order valence-electron chi connectivity index (χ3n) is 1.99. The summed E-state index contributed by atoms with van der Waals surface area (Å²) in [5.41, 5.74) is 0.311. The van der Waals surface area contributed by atoms with E-state index in [1.807, 2.05) is 0 Å². The van der Waals surface area contributed by atoms with Gasteiger partial charge in [0.25, 0.3) is 0 Å². The lowest BCUT2D eigenvalue weighted by Gasteiger charge is -2.09. The summed E-state index contributed by atoms with van der Waals surface area (Å²) in [6.45, 7) is 0. The summed E-state index contributed by atoms with van der Waals surface area (Å²) in [4.78, 5) is 7.75. The van der Waals surface area contributed by atoms with E-state index in [0.29, 0.717) is 5.56 Å². The normalized spacial score (nSPS) is 11.4. The quantitative estimate of drug-likeness (QED) is 0.774. The Morgan fingerprint density at radius 3 is 2.21 bits per heavy atom. The van der Waals surface area contributed by atoms with Crippen LogP contribution in [0.2, 0.25) is 10.3 Å². The molecule has 0 unspecified atom stereocenters. The molecule has 0 radical (unpaired) electrons. The van der Waals surface area contributed by atoms with Gasteiger partial charge in [-0.15, -0.1) is 13.2 Å². The van der Waals surface area contributed by atoms with Gasteiger partial charge in [-0.2, -0.15) is 0 Å². The Morgan fingerprint density at radius 1 is 1.00 bits per heavy atom. The van der Waals surface area contributed by atoms with Gasteiger partial charge in [-0.3, -0.25) is 0 Å². The van der Waals surface area contributed by atoms with Gasteiger partial charge in [0.05, 0.1) is 0 Å². The van der Waals surface area contributed by atoms with Crippen molar-refractivity contribution < 1.29 is 17.9 Å². The van der Waals surface area contributed by atoms with Crippen LogP contribution >= 0.6 is 23.2 Å². The first kappa shape index (κ1) is 13.9. The van der Waals surface area contributed by atoms with E-state index >= 15 is 0 Å². The molecule has 2 aromatic rings. The maximum atomic E-state index is 12.1. The topological polar surface area (TPSA) is 35.0 Å². The van der Waals surface area contributed by atoms with E-state index in [2.05, 4.69) is 14.7 Å². The lowest BCUT2D eigenvalue weighted by atomic mass is 10.2. The first-order valence-electron chi connectivity index (χ1n) is 4.90. The van der Waals surface area contributed by atoms with Gasteiger partial charge in [0, 0.05) is 11.6 Å². The van der Waals surface area contributed by atoms with E-state index in [-0.39, 0.29) is 21.9 Å². The highest BCUT2D eigenvalue weighted by molar-refractivity contribution is 6.33. The number of halogens is 5. The number of alkyl halides is 3. The van der Waals surface area contributed by atoms with Crippen LogP contribution in [0.1, 0.15) is 0 Å². The number of nitrogens with zero attached hydrogens (tertiary/aromatic N) is 2. The summed E-state index contributed by atoms with van der Waals surface area (Å²) in [5, 5.41) is 0.189. The Bertz CT molecular complexity index is 584. The van der Waals surface area contributed by atoms with E-state index in [1.54, 1.807) is 0 Å². The molecule has 0 atom stereocenters. The fourth-order valence-electron chi connectivity index (χ4n) is 1.35. The second-order valence-electron chi connectivity index (χ2n) is 3.41. The van der Waals surface area contributed by atoms with Crippen LogP contribution in [0.4, 0.5) is 13.2 Å². The summed E-state index contributed by atoms with van der Waals surface area (Å²) >= 11 is 11.4. The monoisotopic (exact) mass is 308 g/mol. The summed E-state index contributed by atoms with van der Waals surface area (Å²) in [7, 11) is 0. The Hall–Kier alpha value is -1.53. The molecule has 0 saturated carbocycles. The van der Waals surface area contributed by atoms with Crippen molar-refractivity contribution in [3.63, 3.8) is 0 Å². The predicted octanol–water partition coefficient (Wildman–Crippen LogP) is 4.35. The summed E-state index contributed by atoms with van der Waals surface area (Å²) in [6, 6.07) is 6.54. The maximum absolute atomic E-state index is 12.1. The van der Waals surface area contributed by atoms with Gasteiger partial charge in [0.15, 0.2) is 5.82 Å². The van der Waals surface area contributed by atoms with E-state index in [4.69, 9.17) is 23.2 Å². The molecule has 0 saturated heterocycles. The van der Waals surface area contributed by atoms with Crippen LogP contribution in [0.3, 0.4) is 0 Å². The number of hydrogen-bond donors (Lipinski definition) is 0. The molecule has 1 aromatic heterocycles. The molecule has 0 N–H and O–H groups in total. The molecule has 0 fully saturated rings. The van der Waals surface area contributed by atoms with E-state index in [0.717, 1.165) is 6.07 Å².